The van der Waals surface area contributed by atoms with E-state index >= 15 is 0 Å². The lowest BCUT2D eigenvalue weighted by Gasteiger charge is -2.18. The Labute approximate surface area is 121 Å². The Bertz CT molecular complexity index is 606. The van der Waals surface area contributed by atoms with Crippen LogP contribution >= 0.6 is 7.82 Å². The van der Waals surface area contributed by atoms with E-state index in [0.29, 0.717) is 6.42 Å². The van der Waals surface area contributed by atoms with Crippen molar-refractivity contribution in [2.75, 3.05) is 19.5 Å². The van der Waals surface area contributed by atoms with Crippen molar-refractivity contribution in [3.05, 3.63) is 22.7 Å². The second-order valence-electron chi connectivity index (χ2n) is 4.85. The summed E-state index contributed by atoms with van der Waals surface area (Å²) in [7, 11) is -2.95. The van der Waals surface area contributed by atoms with Crippen LogP contribution < -0.4 is 11.4 Å². The Morgan fingerprint density at radius 2 is 2.38 bits per heavy atom. The second kappa shape index (κ2) is 6.25. The minimum atomic E-state index is -4.03. The highest BCUT2D eigenvalue weighted by Gasteiger charge is 2.35. The maximum atomic E-state index is 11.8. The predicted molar refractivity (Wildman–Crippen MR) is 73.4 cm³/mol. The number of nitrogens with zero attached hydrogens (tertiary/aromatic N) is 2. The predicted octanol–water partition coefficient (Wildman–Crippen LogP) is 0.512. The van der Waals surface area contributed by atoms with Gasteiger partial charge < -0.3 is 15.4 Å². The van der Waals surface area contributed by atoms with Crippen molar-refractivity contribution in [3.63, 3.8) is 0 Å². The topological polar surface area (TPSA) is 126 Å². The van der Waals surface area contributed by atoms with Crippen LogP contribution in [-0.4, -0.2) is 34.3 Å². The van der Waals surface area contributed by atoms with Crippen LogP contribution in [0.25, 0.3) is 0 Å². The van der Waals surface area contributed by atoms with Crippen molar-refractivity contribution in [2.45, 2.75) is 25.7 Å². The van der Waals surface area contributed by atoms with Crippen LogP contribution in [0, 0.1) is 5.92 Å². The van der Waals surface area contributed by atoms with Crippen LogP contribution in [0.4, 0.5) is 5.82 Å². The highest BCUT2D eigenvalue weighted by atomic mass is 31.2. The number of nitrogen functional groups attached to an aromatic ring is 1. The molecule has 2 rings (SSSR count). The van der Waals surface area contributed by atoms with Gasteiger partial charge in [-0.05, 0) is 12.5 Å². The third-order valence-corrected chi connectivity index (χ3v) is 4.17. The van der Waals surface area contributed by atoms with Gasteiger partial charge in [0, 0.05) is 19.2 Å². The van der Waals surface area contributed by atoms with Gasteiger partial charge in [-0.25, -0.2) is 9.36 Å². The van der Waals surface area contributed by atoms with Gasteiger partial charge in [-0.3, -0.25) is 13.6 Å². The molecule has 21 heavy (non-hydrogen) atoms. The fourth-order valence-corrected chi connectivity index (χ4v) is 2.67. The first-order chi connectivity index (χ1) is 9.82. The van der Waals surface area contributed by atoms with Crippen molar-refractivity contribution in [2.24, 2.45) is 5.92 Å². The maximum Gasteiger partial charge on any atom is 0.472 e. The molecule has 1 aliphatic heterocycles. The van der Waals surface area contributed by atoms with E-state index in [1.165, 1.54) is 16.8 Å². The highest BCUT2D eigenvalue weighted by Crippen LogP contribution is 2.43. The molecule has 3 N–H and O–H groups in total. The minimum Gasteiger partial charge on any atom is -0.383 e. The summed E-state index contributed by atoms with van der Waals surface area (Å²) < 4.78 is 27.4. The summed E-state index contributed by atoms with van der Waals surface area (Å²) in [5.41, 5.74) is 4.94. The molecule has 0 bridgehead atoms. The lowest BCUT2D eigenvalue weighted by Crippen LogP contribution is -2.29. The highest BCUT2D eigenvalue weighted by molar-refractivity contribution is 7.47. The first-order valence-electron chi connectivity index (χ1n) is 6.35. The largest absolute Gasteiger partial charge is 0.472 e. The summed E-state index contributed by atoms with van der Waals surface area (Å²) in [6.45, 7) is 1.81. The summed E-state index contributed by atoms with van der Waals surface area (Å²) in [4.78, 5) is 24.6. The third-order valence-electron chi connectivity index (χ3n) is 3.23. The van der Waals surface area contributed by atoms with Crippen LogP contribution in [-0.2, 0) is 18.3 Å². The number of ether oxygens (including phenoxy) is 1. The zero-order chi connectivity index (χ0) is 15.6. The molecule has 118 valence electrons. The summed E-state index contributed by atoms with van der Waals surface area (Å²) in [6.07, 6.45) is 1.16. The van der Waals surface area contributed by atoms with Gasteiger partial charge in [0.25, 0.3) is 0 Å². The number of hydrogen-bond acceptors (Lipinski definition) is 7. The van der Waals surface area contributed by atoms with E-state index in [9.17, 15) is 14.3 Å². The molecule has 0 radical (unpaired) electrons. The molecule has 0 aromatic carbocycles. The van der Waals surface area contributed by atoms with Gasteiger partial charge >= 0.3 is 13.5 Å². The van der Waals surface area contributed by atoms with Gasteiger partial charge in [-0.1, -0.05) is 6.92 Å². The number of rotatable bonds is 5. The molecular weight excluding hydrogens is 301 g/mol. The molecule has 1 saturated heterocycles. The summed E-state index contributed by atoms with van der Waals surface area (Å²) in [5, 5.41) is 0. The van der Waals surface area contributed by atoms with Crippen LogP contribution in [0.15, 0.2) is 17.1 Å². The lowest BCUT2D eigenvalue weighted by molar-refractivity contribution is -0.0337. The molecule has 2 heterocycles. The number of phosphoric ester groups is 1. The Balaban J connectivity index is 2.04. The molecule has 0 spiro atoms. The van der Waals surface area contributed by atoms with Gasteiger partial charge in [0.15, 0.2) is 0 Å². The average molecular weight is 319 g/mol. The molecule has 10 heteroatoms. The number of aromatic nitrogens is 2. The smallest absolute Gasteiger partial charge is 0.383 e. The molecule has 4 atom stereocenters. The lowest BCUT2D eigenvalue weighted by atomic mass is 10.1. The van der Waals surface area contributed by atoms with Crippen molar-refractivity contribution in [1.82, 2.24) is 9.55 Å². The van der Waals surface area contributed by atoms with Crippen LogP contribution in [0.2, 0.25) is 0 Å². The van der Waals surface area contributed by atoms with E-state index < -0.39 is 25.8 Å². The van der Waals surface area contributed by atoms with Crippen molar-refractivity contribution in [3.8, 4) is 0 Å². The van der Waals surface area contributed by atoms with E-state index in [1.54, 1.807) is 0 Å². The van der Waals surface area contributed by atoms with Crippen molar-refractivity contribution >= 4 is 13.6 Å². The van der Waals surface area contributed by atoms with E-state index in [2.05, 4.69) is 9.51 Å². The van der Waals surface area contributed by atoms with Crippen LogP contribution in [0.1, 0.15) is 19.6 Å². The summed E-state index contributed by atoms with van der Waals surface area (Å²) in [5.74, 6) is 0.158. The fraction of sp³-hybridized carbons (Fsp3) is 0.636. The monoisotopic (exact) mass is 319 g/mol. The normalized spacial score (nSPS) is 28.4. The van der Waals surface area contributed by atoms with E-state index in [4.69, 9.17) is 15.0 Å². The quantitative estimate of drug-likeness (QED) is 0.752. The van der Waals surface area contributed by atoms with Gasteiger partial charge in [-0.15, -0.1) is 0 Å². The van der Waals surface area contributed by atoms with Gasteiger partial charge in [-0.2, -0.15) is 4.98 Å². The minimum absolute atomic E-state index is 0.0161. The summed E-state index contributed by atoms with van der Waals surface area (Å²) >= 11 is 0. The number of hydrogen-bond donors (Lipinski definition) is 2. The van der Waals surface area contributed by atoms with Crippen molar-refractivity contribution in [1.29, 1.82) is 0 Å². The average Bonchev–Trinajstić information content (AvgIpc) is 2.78. The maximum absolute atomic E-state index is 11.8. The first kappa shape index (κ1) is 16.1. The standard InChI is InChI=1S/C11H18N3O6P/c1-7-5-8(6-19-21(16,17)18-2)20-10(7)14-4-3-9(12)13-11(14)15/h3-4,7-8,10H,5-6H2,1-2H3,(H,16,17)(H2,12,13,15). The molecule has 0 aliphatic carbocycles. The molecule has 0 amide bonds. The van der Waals surface area contributed by atoms with E-state index in [1.807, 2.05) is 6.92 Å². The van der Waals surface area contributed by atoms with Gasteiger partial charge in [0.1, 0.15) is 12.0 Å². The molecular formula is C11H18N3O6P. The van der Waals surface area contributed by atoms with E-state index in [-0.39, 0.29) is 18.3 Å². The first-order valence-corrected chi connectivity index (χ1v) is 7.85. The zero-order valence-corrected chi connectivity index (χ0v) is 12.6. The molecule has 1 aromatic rings. The molecule has 1 aromatic heterocycles. The number of phosphoric acid groups is 1. The number of nitrogens with two attached hydrogens (primary N) is 1. The fourth-order valence-electron chi connectivity index (χ4n) is 2.21. The Morgan fingerprint density at radius 1 is 1.67 bits per heavy atom. The Morgan fingerprint density at radius 3 is 3.00 bits per heavy atom. The molecule has 4 unspecified atom stereocenters. The zero-order valence-electron chi connectivity index (χ0n) is 11.7. The molecule has 1 fully saturated rings. The van der Waals surface area contributed by atoms with Gasteiger partial charge in [0.05, 0.1) is 12.7 Å². The molecule has 0 saturated carbocycles. The van der Waals surface area contributed by atoms with Gasteiger partial charge in [0.2, 0.25) is 0 Å². The van der Waals surface area contributed by atoms with Crippen molar-refractivity contribution < 1.29 is 23.2 Å². The molecule has 9 nitrogen and oxygen atoms in total. The van der Waals surface area contributed by atoms with Crippen LogP contribution in [0.5, 0.6) is 0 Å². The Kier molecular flexibility index (Phi) is 4.80. The number of anilines is 1. The molecule has 1 aliphatic rings. The summed E-state index contributed by atoms with van der Waals surface area (Å²) in [6, 6.07) is 1.51. The van der Waals surface area contributed by atoms with E-state index in [0.717, 1.165) is 7.11 Å². The second-order valence-corrected chi connectivity index (χ2v) is 6.41. The SMILES string of the molecule is COP(=O)(O)OCC1CC(C)C(n2ccc(N)nc2=O)O1. The third kappa shape index (κ3) is 3.90. The Hall–Kier alpha value is -1.25. The van der Waals surface area contributed by atoms with Crippen LogP contribution in [0.3, 0.4) is 0 Å².